The zero-order valence-corrected chi connectivity index (χ0v) is 15.1. The van der Waals surface area contributed by atoms with Crippen molar-refractivity contribution in [1.82, 2.24) is 0 Å². The van der Waals surface area contributed by atoms with Gasteiger partial charge in [0.05, 0.1) is 10.8 Å². The molecule has 1 heterocycles. The molecule has 0 spiro atoms. The smallest absolute Gasteiger partial charge is 0.313 e. The van der Waals surface area contributed by atoms with Crippen LogP contribution in [0.2, 0.25) is 5.02 Å². The van der Waals surface area contributed by atoms with Crippen molar-refractivity contribution in [3.63, 3.8) is 0 Å². The maximum absolute atomic E-state index is 13.3. The lowest BCUT2D eigenvalue weighted by Gasteiger charge is -2.24. The molecule has 1 atom stereocenters. The van der Waals surface area contributed by atoms with Crippen LogP contribution in [0.15, 0.2) is 36.4 Å². The van der Waals surface area contributed by atoms with Crippen LogP contribution < -0.4 is 10.1 Å². The van der Waals surface area contributed by atoms with Gasteiger partial charge in [0, 0.05) is 16.8 Å². The minimum atomic E-state index is -1.02. The number of nitrogens with one attached hydrogen (secondary N) is 1. The summed E-state index contributed by atoms with van der Waals surface area (Å²) in [6.07, 6.45) is 0.362. The monoisotopic (exact) mass is 408 g/mol. The number of nitro groups is 1. The van der Waals surface area contributed by atoms with Crippen LogP contribution in [0.1, 0.15) is 5.56 Å². The van der Waals surface area contributed by atoms with Gasteiger partial charge in [-0.05, 0) is 42.3 Å². The molecule has 10 heteroatoms. The second-order valence-corrected chi connectivity index (χ2v) is 6.48. The topological polar surface area (TPSA) is 108 Å². The number of halogens is 2. The van der Waals surface area contributed by atoms with Gasteiger partial charge in [0.2, 0.25) is 5.82 Å². The molecular weight excluding hydrogens is 395 g/mol. The molecule has 1 unspecified atom stereocenters. The fourth-order valence-corrected chi connectivity index (χ4v) is 2.89. The van der Waals surface area contributed by atoms with Crippen molar-refractivity contribution in [2.75, 3.05) is 18.5 Å². The first-order valence-electron chi connectivity index (χ1n) is 8.15. The number of esters is 1. The highest BCUT2D eigenvalue weighted by atomic mass is 35.5. The Bertz CT molecular complexity index is 952. The van der Waals surface area contributed by atoms with E-state index in [1.807, 2.05) is 0 Å². The summed E-state index contributed by atoms with van der Waals surface area (Å²) in [7, 11) is 0. The first kappa shape index (κ1) is 19.6. The largest absolute Gasteiger partial charge is 0.492 e. The Balaban J connectivity index is 1.54. The molecule has 0 fully saturated rings. The number of benzene rings is 2. The van der Waals surface area contributed by atoms with E-state index in [1.54, 1.807) is 18.2 Å². The second kappa shape index (κ2) is 8.22. The highest BCUT2D eigenvalue weighted by Crippen LogP contribution is 2.30. The predicted octanol–water partition coefficient (Wildman–Crippen LogP) is 3.12. The molecule has 0 aliphatic carbocycles. The molecule has 146 valence electrons. The van der Waals surface area contributed by atoms with Crippen molar-refractivity contribution in [3.8, 4) is 5.75 Å². The molecule has 8 nitrogen and oxygen atoms in total. The Morgan fingerprint density at radius 2 is 2.11 bits per heavy atom. The number of nitro benzene ring substituents is 1. The Hall–Kier alpha value is -3.20. The summed E-state index contributed by atoms with van der Waals surface area (Å²) in [5, 5.41) is 13.5. The van der Waals surface area contributed by atoms with Crippen LogP contribution in [0, 0.1) is 21.8 Å². The fraction of sp³-hybridized carbons (Fsp3) is 0.222. The molecule has 0 bridgehead atoms. The Labute approximate surface area is 163 Å². The molecule has 2 aromatic rings. The van der Waals surface area contributed by atoms with E-state index in [-0.39, 0.29) is 12.3 Å². The molecule has 1 aliphatic rings. The third kappa shape index (κ3) is 4.55. The molecule has 0 saturated carbocycles. The number of hydrogen-bond acceptors (Lipinski definition) is 6. The van der Waals surface area contributed by atoms with Crippen LogP contribution in [0.3, 0.4) is 0 Å². The van der Waals surface area contributed by atoms with Crippen LogP contribution in [-0.4, -0.2) is 30.0 Å². The summed E-state index contributed by atoms with van der Waals surface area (Å²) in [5.41, 5.74) is 0.00830. The van der Waals surface area contributed by atoms with Crippen LogP contribution in [0.4, 0.5) is 15.8 Å². The molecule has 1 amide bonds. The first-order valence-corrected chi connectivity index (χ1v) is 8.53. The second-order valence-electron chi connectivity index (χ2n) is 6.04. The number of amides is 1. The van der Waals surface area contributed by atoms with Gasteiger partial charge < -0.3 is 14.8 Å². The summed E-state index contributed by atoms with van der Waals surface area (Å²) in [6.45, 7) is -0.484. The highest BCUT2D eigenvalue weighted by molar-refractivity contribution is 6.30. The van der Waals surface area contributed by atoms with Crippen LogP contribution in [-0.2, 0) is 20.7 Å². The third-order valence-corrected chi connectivity index (χ3v) is 4.27. The van der Waals surface area contributed by atoms with Gasteiger partial charge in [0.1, 0.15) is 12.4 Å². The van der Waals surface area contributed by atoms with Gasteiger partial charge in [-0.25, -0.2) is 0 Å². The lowest BCUT2D eigenvalue weighted by molar-refractivity contribution is -0.387. The first-order chi connectivity index (χ1) is 13.3. The Morgan fingerprint density at radius 3 is 2.86 bits per heavy atom. The summed E-state index contributed by atoms with van der Waals surface area (Å²) < 4.78 is 23.8. The van der Waals surface area contributed by atoms with E-state index in [1.165, 1.54) is 0 Å². The van der Waals surface area contributed by atoms with Gasteiger partial charge >= 0.3 is 11.7 Å². The number of rotatable bonds is 5. The number of fused-ring (bicyclic) bond motifs is 1. The molecule has 0 aromatic heterocycles. The van der Waals surface area contributed by atoms with Gasteiger partial charge in [0.25, 0.3) is 5.91 Å². The number of anilines is 1. The minimum absolute atomic E-state index is 0.0127. The molecule has 3 rings (SSSR count). The summed E-state index contributed by atoms with van der Waals surface area (Å²) in [5.74, 6) is -2.30. The van der Waals surface area contributed by atoms with E-state index >= 15 is 0 Å². The lowest BCUT2D eigenvalue weighted by atomic mass is 9.97. The quantitative estimate of drug-likeness (QED) is 0.462. The van der Waals surface area contributed by atoms with Gasteiger partial charge in [-0.1, -0.05) is 11.6 Å². The average molecular weight is 409 g/mol. The van der Waals surface area contributed by atoms with Crippen molar-refractivity contribution >= 4 is 34.9 Å². The number of hydrogen-bond donors (Lipinski definition) is 1. The number of carbonyl (C=O) groups excluding carboxylic acids is 2. The van der Waals surface area contributed by atoms with Crippen molar-refractivity contribution in [2.24, 2.45) is 5.92 Å². The maximum atomic E-state index is 13.3. The van der Waals surface area contributed by atoms with Crippen molar-refractivity contribution in [3.05, 3.63) is 62.9 Å². The molecule has 0 radical (unpaired) electrons. The van der Waals surface area contributed by atoms with E-state index in [2.05, 4.69) is 5.32 Å². The van der Waals surface area contributed by atoms with Gasteiger partial charge in [0.15, 0.2) is 6.61 Å². The Kier molecular flexibility index (Phi) is 5.74. The van der Waals surface area contributed by atoms with Crippen molar-refractivity contribution in [1.29, 1.82) is 0 Å². The Morgan fingerprint density at radius 1 is 1.32 bits per heavy atom. The summed E-state index contributed by atoms with van der Waals surface area (Å²) in [6, 6.07) is 8.01. The standard InChI is InChI=1S/C18H14ClFN2O6/c19-12-1-4-16-10(6-12)5-11(8-27-16)18(24)28-9-17(23)21-13-2-3-14(20)15(7-13)22(25)26/h1-4,6-7,11H,5,8-9H2,(H,21,23). The van der Waals surface area contributed by atoms with Gasteiger partial charge in [-0.15, -0.1) is 0 Å². The predicted molar refractivity (Wildman–Crippen MR) is 96.8 cm³/mol. The normalized spacial score (nSPS) is 15.1. The van der Waals surface area contributed by atoms with E-state index in [0.717, 1.165) is 23.8 Å². The van der Waals surface area contributed by atoms with Gasteiger partial charge in [-0.2, -0.15) is 4.39 Å². The minimum Gasteiger partial charge on any atom is -0.492 e. The van der Waals surface area contributed by atoms with Crippen molar-refractivity contribution < 1.29 is 28.4 Å². The SMILES string of the molecule is O=C(COC(=O)C1COc2ccc(Cl)cc2C1)Nc1ccc(F)c([N+](=O)[O-])c1. The lowest BCUT2D eigenvalue weighted by Crippen LogP contribution is -2.32. The van der Waals surface area contributed by atoms with Crippen LogP contribution >= 0.6 is 11.6 Å². The molecule has 2 aromatic carbocycles. The average Bonchev–Trinajstić information content (AvgIpc) is 2.66. The molecule has 0 saturated heterocycles. The molecule has 1 N–H and O–H groups in total. The summed E-state index contributed by atoms with van der Waals surface area (Å²) >= 11 is 5.93. The van der Waals surface area contributed by atoms with Gasteiger partial charge in [-0.3, -0.25) is 19.7 Å². The fourth-order valence-electron chi connectivity index (χ4n) is 2.70. The zero-order valence-electron chi connectivity index (χ0n) is 14.3. The van der Waals surface area contributed by atoms with E-state index < -0.39 is 40.8 Å². The van der Waals surface area contributed by atoms with E-state index in [0.29, 0.717) is 17.2 Å². The molecular formula is C18H14ClFN2O6. The number of ether oxygens (including phenoxy) is 2. The number of carbonyl (C=O) groups is 2. The zero-order chi connectivity index (χ0) is 20.3. The highest BCUT2D eigenvalue weighted by Gasteiger charge is 2.28. The van der Waals surface area contributed by atoms with Crippen molar-refractivity contribution in [2.45, 2.75) is 6.42 Å². The van der Waals surface area contributed by atoms with Crippen LogP contribution in [0.25, 0.3) is 0 Å². The van der Waals surface area contributed by atoms with Crippen LogP contribution in [0.5, 0.6) is 5.75 Å². The summed E-state index contributed by atoms with van der Waals surface area (Å²) in [4.78, 5) is 33.9. The molecule has 1 aliphatic heterocycles. The molecule has 28 heavy (non-hydrogen) atoms. The van der Waals surface area contributed by atoms with E-state index in [4.69, 9.17) is 21.1 Å². The maximum Gasteiger partial charge on any atom is 0.313 e. The number of nitrogens with zero attached hydrogens (tertiary/aromatic N) is 1. The third-order valence-electron chi connectivity index (χ3n) is 4.03. The van der Waals surface area contributed by atoms with E-state index in [9.17, 15) is 24.1 Å².